The minimum atomic E-state index is -0.788. The summed E-state index contributed by atoms with van der Waals surface area (Å²) in [6, 6.07) is -0.0940. The summed E-state index contributed by atoms with van der Waals surface area (Å²) in [6.07, 6.45) is 3.08. The van der Waals surface area contributed by atoms with Gasteiger partial charge in [0, 0.05) is 13.1 Å². The molecule has 2 heterocycles. The zero-order valence-corrected chi connectivity index (χ0v) is 10.2. The van der Waals surface area contributed by atoms with E-state index in [0.717, 1.165) is 25.8 Å². The highest BCUT2D eigenvalue weighted by molar-refractivity contribution is 5.83. The second-order valence-electron chi connectivity index (χ2n) is 5.17. The standard InChI is InChI=1S/C12H20N2O3/c1-8-6-14(7-9(8)12(16)17)11(15)10-4-2-3-5-13-10/h8-10,13H,2-7H2,1H3,(H,16,17). The Hall–Kier alpha value is -1.10. The van der Waals surface area contributed by atoms with E-state index in [1.54, 1.807) is 4.90 Å². The van der Waals surface area contributed by atoms with Gasteiger partial charge in [0.15, 0.2) is 0 Å². The molecule has 0 radical (unpaired) electrons. The lowest BCUT2D eigenvalue weighted by molar-refractivity contribution is -0.142. The van der Waals surface area contributed by atoms with Crippen molar-refractivity contribution in [3.05, 3.63) is 0 Å². The monoisotopic (exact) mass is 240 g/mol. The van der Waals surface area contributed by atoms with Crippen LogP contribution >= 0.6 is 0 Å². The highest BCUT2D eigenvalue weighted by Gasteiger charge is 2.38. The molecule has 2 rings (SSSR count). The molecule has 96 valence electrons. The van der Waals surface area contributed by atoms with Crippen LogP contribution < -0.4 is 5.32 Å². The van der Waals surface area contributed by atoms with Crippen molar-refractivity contribution in [1.82, 2.24) is 10.2 Å². The Morgan fingerprint density at radius 1 is 1.29 bits per heavy atom. The van der Waals surface area contributed by atoms with Gasteiger partial charge in [-0.15, -0.1) is 0 Å². The number of carboxylic acids is 1. The summed E-state index contributed by atoms with van der Waals surface area (Å²) in [7, 11) is 0. The van der Waals surface area contributed by atoms with Gasteiger partial charge in [-0.05, 0) is 25.3 Å². The Balaban J connectivity index is 1.94. The maximum atomic E-state index is 12.2. The number of nitrogens with zero attached hydrogens (tertiary/aromatic N) is 1. The first-order chi connectivity index (χ1) is 8.09. The minimum absolute atomic E-state index is 0.0556. The van der Waals surface area contributed by atoms with E-state index < -0.39 is 11.9 Å². The predicted octanol–water partition coefficient (Wildman–Crippen LogP) is 0.308. The molecule has 1 amide bonds. The third-order valence-corrected chi connectivity index (χ3v) is 3.85. The van der Waals surface area contributed by atoms with E-state index >= 15 is 0 Å². The number of carboxylic acid groups (broad SMARTS) is 1. The van der Waals surface area contributed by atoms with E-state index in [1.807, 2.05) is 6.92 Å². The number of hydrogen-bond acceptors (Lipinski definition) is 3. The van der Waals surface area contributed by atoms with Gasteiger partial charge >= 0.3 is 5.97 Å². The van der Waals surface area contributed by atoms with Gasteiger partial charge in [0.2, 0.25) is 5.91 Å². The maximum absolute atomic E-state index is 12.2. The van der Waals surface area contributed by atoms with Gasteiger partial charge < -0.3 is 15.3 Å². The number of carbonyl (C=O) groups excluding carboxylic acids is 1. The SMILES string of the molecule is CC1CN(C(=O)C2CCCCN2)CC1C(=O)O. The zero-order valence-electron chi connectivity index (χ0n) is 10.2. The number of nitrogens with one attached hydrogen (secondary N) is 1. The Bertz CT molecular complexity index is 313. The molecule has 0 aliphatic carbocycles. The number of carbonyl (C=O) groups is 2. The molecule has 3 atom stereocenters. The topological polar surface area (TPSA) is 69.6 Å². The molecule has 17 heavy (non-hydrogen) atoms. The third-order valence-electron chi connectivity index (χ3n) is 3.85. The molecule has 2 saturated heterocycles. The summed E-state index contributed by atoms with van der Waals surface area (Å²) in [4.78, 5) is 24.9. The van der Waals surface area contributed by atoms with Crippen molar-refractivity contribution < 1.29 is 14.7 Å². The van der Waals surface area contributed by atoms with Gasteiger partial charge in [-0.2, -0.15) is 0 Å². The van der Waals surface area contributed by atoms with Gasteiger partial charge in [0.25, 0.3) is 0 Å². The number of amides is 1. The second kappa shape index (κ2) is 5.04. The molecule has 2 N–H and O–H groups in total. The fourth-order valence-electron chi connectivity index (χ4n) is 2.75. The summed E-state index contributed by atoms with van der Waals surface area (Å²) >= 11 is 0. The molecule has 0 aromatic carbocycles. The lowest BCUT2D eigenvalue weighted by Crippen LogP contribution is -2.48. The molecule has 2 fully saturated rings. The van der Waals surface area contributed by atoms with Crippen LogP contribution in [-0.2, 0) is 9.59 Å². The minimum Gasteiger partial charge on any atom is -0.481 e. The summed E-state index contributed by atoms with van der Waals surface area (Å²) in [5.74, 6) is -1.05. The fraction of sp³-hybridized carbons (Fsp3) is 0.833. The van der Waals surface area contributed by atoms with Gasteiger partial charge in [-0.25, -0.2) is 0 Å². The smallest absolute Gasteiger partial charge is 0.308 e. The van der Waals surface area contributed by atoms with Crippen molar-refractivity contribution in [2.45, 2.75) is 32.2 Å². The van der Waals surface area contributed by atoms with Crippen molar-refractivity contribution in [1.29, 1.82) is 0 Å². The summed E-state index contributed by atoms with van der Waals surface area (Å²) in [5, 5.41) is 12.3. The second-order valence-corrected chi connectivity index (χ2v) is 5.17. The molecule has 0 aromatic heterocycles. The van der Waals surface area contributed by atoms with Crippen LogP contribution in [0.3, 0.4) is 0 Å². The number of piperidine rings is 1. The van der Waals surface area contributed by atoms with Crippen LogP contribution in [0.25, 0.3) is 0 Å². The van der Waals surface area contributed by atoms with Crippen molar-refractivity contribution >= 4 is 11.9 Å². The highest BCUT2D eigenvalue weighted by atomic mass is 16.4. The molecule has 0 bridgehead atoms. The van der Waals surface area contributed by atoms with Crippen LogP contribution in [0.5, 0.6) is 0 Å². The largest absolute Gasteiger partial charge is 0.481 e. The van der Waals surface area contributed by atoms with Crippen molar-refractivity contribution in [2.75, 3.05) is 19.6 Å². The van der Waals surface area contributed by atoms with E-state index in [4.69, 9.17) is 5.11 Å². The molecule has 3 unspecified atom stereocenters. The van der Waals surface area contributed by atoms with Crippen LogP contribution in [0.1, 0.15) is 26.2 Å². The van der Waals surface area contributed by atoms with Crippen molar-refractivity contribution in [3.8, 4) is 0 Å². The Morgan fingerprint density at radius 3 is 2.59 bits per heavy atom. The average Bonchev–Trinajstić information content (AvgIpc) is 2.71. The number of hydrogen-bond donors (Lipinski definition) is 2. The Kier molecular flexibility index (Phi) is 3.66. The van der Waals surface area contributed by atoms with E-state index in [1.165, 1.54) is 0 Å². The molecule has 0 aromatic rings. The molecule has 0 saturated carbocycles. The van der Waals surface area contributed by atoms with Gasteiger partial charge in [-0.3, -0.25) is 9.59 Å². The van der Waals surface area contributed by atoms with E-state index in [9.17, 15) is 9.59 Å². The lowest BCUT2D eigenvalue weighted by Gasteiger charge is -2.27. The Labute approximate surface area is 101 Å². The molecule has 0 spiro atoms. The Morgan fingerprint density at radius 2 is 2.06 bits per heavy atom. The van der Waals surface area contributed by atoms with Gasteiger partial charge in [0.05, 0.1) is 12.0 Å². The summed E-state index contributed by atoms with van der Waals surface area (Å²) in [5.41, 5.74) is 0. The molecular formula is C12H20N2O3. The highest BCUT2D eigenvalue weighted by Crippen LogP contribution is 2.24. The first kappa shape index (κ1) is 12.4. The summed E-state index contributed by atoms with van der Waals surface area (Å²) in [6.45, 7) is 3.74. The summed E-state index contributed by atoms with van der Waals surface area (Å²) < 4.78 is 0. The van der Waals surface area contributed by atoms with Crippen LogP contribution in [-0.4, -0.2) is 47.6 Å². The van der Waals surface area contributed by atoms with Crippen LogP contribution in [0.15, 0.2) is 0 Å². The number of rotatable bonds is 2. The maximum Gasteiger partial charge on any atom is 0.308 e. The molecule has 2 aliphatic rings. The molecule has 2 aliphatic heterocycles. The molecule has 5 nitrogen and oxygen atoms in total. The predicted molar refractivity (Wildman–Crippen MR) is 62.5 cm³/mol. The van der Waals surface area contributed by atoms with Crippen molar-refractivity contribution in [2.24, 2.45) is 11.8 Å². The van der Waals surface area contributed by atoms with E-state index in [0.29, 0.717) is 13.1 Å². The number of aliphatic carboxylic acids is 1. The molecule has 5 heteroatoms. The average molecular weight is 240 g/mol. The fourth-order valence-corrected chi connectivity index (χ4v) is 2.75. The van der Waals surface area contributed by atoms with Crippen LogP contribution in [0.4, 0.5) is 0 Å². The van der Waals surface area contributed by atoms with Crippen LogP contribution in [0.2, 0.25) is 0 Å². The van der Waals surface area contributed by atoms with E-state index in [2.05, 4.69) is 5.32 Å². The lowest BCUT2D eigenvalue weighted by atomic mass is 9.99. The molecular weight excluding hydrogens is 220 g/mol. The van der Waals surface area contributed by atoms with E-state index in [-0.39, 0.29) is 17.9 Å². The zero-order chi connectivity index (χ0) is 12.4. The first-order valence-electron chi connectivity index (χ1n) is 6.34. The van der Waals surface area contributed by atoms with Crippen molar-refractivity contribution in [3.63, 3.8) is 0 Å². The van der Waals surface area contributed by atoms with Crippen LogP contribution in [0, 0.1) is 11.8 Å². The number of likely N-dealkylation sites (tertiary alicyclic amines) is 1. The third kappa shape index (κ3) is 2.60. The van der Waals surface area contributed by atoms with Gasteiger partial charge in [-0.1, -0.05) is 13.3 Å². The first-order valence-corrected chi connectivity index (χ1v) is 6.34. The normalized spacial score (nSPS) is 33.7. The van der Waals surface area contributed by atoms with Gasteiger partial charge in [0.1, 0.15) is 0 Å². The quantitative estimate of drug-likeness (QED) is 0.728.